The smallest absolute Gasteiger partial charge is 0.119 e. The first-order valence-corrected chi connectivity index (χ1v) is 8.06. The van der Waals surface area contributed by atoms with E-state index < -0.39 is 0 Å². The predicted molar refractivity (Wildman–Crippen MR) is 86.7 cm³/mol. The van der Waals surface area contributed by atoms with E-state index in [9.17, 15) is 0 Å². The number of rotatable bonds is 5. The number of benzene rings is 1. The highest BCUT2D eigenvalue weighted by Crippen LogP contribution is 2.25. The van der Waals surface area contributed by atoms with Gasteiger partial charge in [-0.2, -0.15) is 0 Å². The molecular weight excluding hydrogens is 274 g/mol. The summed E-state index contributed by atoms with van der Waals surface area (Å²) in [5.74, 6) is 0.952. The van der Waals surface area contributed by atoms with Crippen molar-refractivity contribution in [3.8, 4) is 5.75 Å². The van der Waals surface area contributed by atoms with Gasteiger partial charge in [0.15, 0.2) is 0 Å². The van der Waals surface area contributed by atoms with Crippen LogP contribution in [0.2, 0.25) is 0 Å². The summed E-state index contributed by atoms with van der Waals surface area (Å²) in [6, 6.07) is 10.6. The van der Waals surface area contributed by atoms with Crippen molar-refractivity contribution in [3.63, 3.8) is 0 Å². The maximum atomic E-state index is 6.21. The summed E-state index contributed by atoms with van der Waals surface area (Å²) in [5, 5.41) is 3.68. The average molecular weight is 297 g/mol. The molecule has 0 radical (unpaired) electrons. The minimum atomic E-state index is 0.179. The van der Waals surface area contributed by atoms with Gasteiger partial charge in [-0.1, -0.05) is 24.6 Å². The van der Waals surface area contributed by atoms with Crippen molar-refractivity contribution in [2.45, 2.75) is 50.8 Å². The average Bonchev–Trinajstić information content (AvgIpc) is 2.58. The number of nitrogens with one attached hydrogen (secondary N) is 1. The molecule has 0 spiro atoms. The van der Waals surface area contributed by atoms with Crippen molar-refractivity contribution in [1.82, 2.24) is 15.3 Å². The molecule has 4 nitrogen and oxygen atoms in total. The van der Waals surface area contributed by atoms with Crippen molar-refractivity contribution in [3.05, 3.63) is 54.6 Å². The molecule has 1 aromatic carbocycles. The van der Waals surface area contributed by atoms with Crippen molar-refractivity contribution >= 4 is 0 Å². The standard InChI is InChI=1S/C18H23N3O/c1-14(17-13-19-11-12-20-17)21-16-9-5-6-10-18(16)22-15-7-3-2-4-8-15/h2-4,7-8,11-14,16,18,21H,5-6,9-10H2,1H3/t14-,16+,18-/m0/s1. The van der Waals surface area contributed by atoms with Crippen LogP contribution in [0.3, 0.4) is 0 Å². The van der Waals surface area contributed by atoms with Crippen LogP contribution < -0.4 is 10.1 Å². The molecule has 1 aromatic heterocycles. The van der Waals surface area contributed by atoms with Gasteiger partial charge < -0.3 is 10.1 Å². The van der Waals surface area contributed by atoms with Gasteiger partial charge in [0, 0.05) is 30.7 Å². The van der Waals surface area contributed by atoms with Gasteiger partial charge in [-0.3, -0.25) is 9.97 Å². The van der Waals surface area contributed by atoms with E-state index in [0.29, 0.717) is 6.04 Å². The first-order chi connectivity index (χ1) is 10.8. The Morgan fingerprint density at radius 2 is 1.95 bits per heavy atom. The van der Waals surface area contributed by atoms with E-state index in [0.717, 1.165) is 24.3 Å². The van der Waals surface area contributed by atoms with Crippen LogP contribution in [0.5, 0.6) is 5.75 Å². The van der Waals surface area contributed by atoms with Crippen LogP contribution in [0.1, 0.15) is 44.3 Å². The Kier molecular flexibility index (Phi) is 5.01. The van der Waals surface area contributed by atoms with Gasteiger partial charge in [0.2, 0.25) is 0 Å². The highest BCUT2D eigenvalue weighted by atomic mass is 16.5. The molecule has 0 aliphatic heterocycles. The van der Waals surface area contributed by atoms with Crippen molar-refractivity contribution < 1.29 is 4.74 Å². The molecule has 2 aromatic rings. The molecule has 0 unspecified atom stereocenters. The van der Waals surface area contributed by atoms with Crippen LogP contribution in [0.25, 0.3) is 0 Å². The minimum absolute atomic E-state index is 0.179. The Labute approximate surface area is 132 Å². The highest BCUT2D eigenvalue weighted by molar-refractivity contribution is 5.21. The van der Waals surface area contributed by atoms with Gasteiger partial charge in [-0.25, -0.2) is 0 Å². The van der Waals surface area contributed by atoms with Crippen LogP contribution in [-0.4, -0.2) is 22.1 Å². The van der Waals surface area contributed by atoms with Gasteiger partial charge in [-0.15, -0.1) is 0 Å². The lowest BCUT2D eigenvalue weighted by Crippen LogP contribution is -2.46. The number of aromatic nitrogens is 2. The molecule has 3 rings (SSSR count). The topological polar surface area (TPSA) is 47.0 Å². The summed E-state index contributed by atoms with van der Waals surface area (Å²) in [7, 11) is 0. The lowest BCUT2D eigenvalue weighted by Gasteiger charge is -2.34. The molecule has 116 valence electrons. The monoisotopic (exact) mass is 297 g/mol. The number of ether oxygens (including phenoxy) is 1. The zero-order valence-corrected chi connectivity index (χ0v) is 13.0. The summed E-state index contributed by atoms with van der Waals surface area (Å²) in [5.41, 5.74) is 0.978. The van der Waals surface area contributed by atoms with Crippen molar-refractivity contribution in [2.75, 3.05) is 0 Å². The Morgan fingerprint density at radius 1 is 1.14 bits per heavy atom. The maximum Gasteiger partial charge on any atom is 0.119 e. The van der Waals surface area contributed by atoms with E-state index in [1.165, 1.54) is 12.8 Å². The summed E-state index contributed by atoms with van der Waals surface area (Å²) >= 11 is 0. The van der Waals surface area contributed by atoms with E-state index >= 15 is 0 Å². The number of hydrogen-bond donors (Lipinski definition) is 1. The second kappa shape index (κ2) is 7.36. The molecule has 22 heavy (non-hydrogen) atoms. The molecule has 3 atom stereocenters. The third kappa shape index (κ3) is 3.83. The zero-order chi connectivity index (χ0) is 15.2. The molecule has 0 bridgehead atoms. The largest absolute Gasteiger partial charge is 0.489 e. The lowest BCUT2D eigenvalue weighted by atomic mass is 9.91. The molecule has 1 aliphatic carbocycles. The maximum absolute atomic E-state index is 6.21. The van der Waals surface area contributed by atoms with E-state index in [2.05, 4.69) is 22.2 Å². The minimum Gasteiger partial charge on any atom is -0.489 e. The third-order valence-corrected chi connectivity index (χ3v) is 4.22. The Bertz CT molecular complexity index is 561. The SMILES string of the molecule is C[C@H](N[C@@H]1CCCC[C@@H]1Oc1ccccc1)c1cnccn1. The normalized spacial score (nSPS) is 23.0. The van der Waals surface area contributed by atoms with E-state index in [-0.39, 0.29) is 12.1 Å². The second-order valence-electron chi connectivity index (χ2n) is 5.88. The fraction of sp³-hybridized carbons (Fsp3) is 0.444. The van der Waals surface area contributed by atoms with Crippen molar-refractivity contribution in [1.29, 1.82) is 0 Å². The van der Waals surface area contributed by atoms with E-state index in [1.54, 1.807) is 12.4 Å². The first kappa shape index (κ1) is 15.0. The fourth-order valence-corrected chi connectivity index (χ4v) is 3.04. The van der Waals surface area contributed by atoms with E-state index in [1.807, 2.05) is 36.5 Å². The van der Waals surface area contributed by atoms with Gasteiger partial charge in [0.05, 0.1) is 5.69 Å². The van der Waals surface area contributed by atoms with Crippen LogP contribution in [-0.2, 0) is 0 Å². The first-order valence-electron chi connectivity index (χ1n) is 8.06. The summed E-state index contributed by atoms with van der Waals surface area (Å²) in [6.45, 7) is 2.14. The Balaban J connectivity index is 1.65. The van der Waals surface area contributed by atoms with E-state index in [4.69, 9.17) is 4.74 Å². The molecule has 4 heteroatoms. The number of nitrogens with zero attached hydrogens (tertiary/aromatic N) is 2. The summed E-state index contributed by atoms with van der Waals surface area (Å²) in [4.78, 5) is 8.54. The molecule has 0 amide bonds. The molecule has 1 heterocycles. The lowest BCUT2D eigenvalue weighted by molar-refractivity contribution is 0.108. The second-order valence-corrected chi connectivity index (χ2v) is 5.88. The van der Waals surface area contributed by atoms with Gasteiger partial charge in [-0.05, 0) is 38.3 Å². The van der Waals surface area contributed by atoms with Gasteiger partial charge in [0.25, 0.3) is 0 Å². The summed E-state index contributed by atoms with van der Waals surface area (Å²) in [6.07, 6.45) is 10.2. The fourth-order valence-electron chi connectivity index (χ4n) is 3.04. The van der Waals surface area contributed by atoms with Crippen LogP contribution in [0, 0.1) is 0 Å². The molecule has 0 saturated heterocycles. The zero-order valence-electron chi connectivity index (χ0n) is 13.0. The Morgan fingerprint density at radius 3 is 2.73 bits per heavy atom. The molecule has 1 saturated carbocycles. The number of hydrogen-bond acceptors (Lipinski definition) is 4. The molecular formula is C18H23N3O. The molecule has 1 fully saturated rings. The van der Waals surface area contributed by atoms with Crippen LogP contribution >= 0.6 is 0 Å². The summed E-state index contributed by atoms with van der Waals surface area (Å²) < 4.78 is 6.21. The van der Waals surface area contributed by atoms with Gasteiger partial charge >= 0.3 is 0 Å². The molecule has 1 N–H and O–H groups in total. The Hall–Kier alpha value is -1.94. The highest BCUT2D eigenvalue weighted by Gasteiger charge is 2.28. The number of para-hydroxylation sites is 1. The molecule has 1 aliphatic rings. The quantitative estimate of drug-likeness (QED) is 0.917. The van der Waals surface area contributed by atoms with Crippen LogP contribution in [0.4, 0.5) is 0 Å². The van der Waals surface area contributed by atoms with Gasteiger partial charge in [0.1, 0.15) is 11.9 Å². The van der Waals surface area contributed by atoms with Crippen LogP contribution in [0.15, 0.2) is 48.9 Å². The van der Waals surface area contributed by atoms with Crippen molar-refractivity contribution in [2.24, 2.45) is 0 Å². The third-order valence-electron chi connectivity index (χ3n) is 4.22. The predicted octanol–water partition coefficient (Wildman–Crippen LogP) is 3.52.